The van der Waals surface area contributed by atoms with Gasteiger partial charge in [-0.15, -0.1) is 0 Å². The lowest BCUT2D eigenvalue weighted by Crippen LogP contribution is -2.43. The second kappa shape index (κ2) is 5.33. The number of ether oxygens (including phenoxy) is 1. The van der Waals surface area contributed by atoms with Gasteiger partial charge in [0.2, 0.25) is 0 Å². The summed E-state index contributed by atoms with van der Waals surface area (Å²) in [6.07, 6.45) is 5.56. The van der Waals surface area contributed by atoms with Crippen LogP contribution in [0.2, 0.25) is 0 Å². The molecule has 5 heteroatoms. The number of carbonyl (C=O) groups is 1. The zero-order valence-electron chi connectivity index (χ0n) is 11.1. The third-order valence-corrected chi connectivity index (χ3v) is 3.70. The molecule has 1 aliphatic rings. The van der Waals surface area contributed by atoms with E-state index < -0.39 is 5.97 Å². The summed E-state index contributed by atoms with van der Waals surface area (Å²) in [6, 6.07) is 0.456. The van der Waals surface area contributed by atoms with Gasteiger partial charge in [0, 0.05) is 12.6 Å². The summed E-state index contributed by atoms with van der Waals surface area (Å²) in [5, 5.41) is 0. The van der Waals surface area contributed by atoms with Crippen LogP contribution in [-0.4, -0.2) is 35.6 Å². The van der Waals surface area contributed by atoms with Gasteiger partial charge in [-0.05, 0) is 25.7 Å². The van der Waals surface area contributed by atoms with Crippen molar-refractivity contribution < 1.29 is 9.53 Å². The van der Waals surface area contributed by atoms with E-state index in [4.69, 9.17) is 0 Å². The minimum absolute atomic E-state index is 0.249. The fourth-order valence-corrected chi connectivity index (χ4v) is 2.34. The predicted octanol–water partition coefficient (Wildman–Crippen LogP) is 1.89. The van der Waals surface area contributed by atoms with Gasteiger partial charge in [-0.1, -0.05) is 6.92 Å². The van der Waals surface area contributed by atoms with Crippen LogP contribution < -0.4 is 4.90 Å². The van der Waals surface area contributed by atoms with Crippen molar-refractivity contribution in [2.24, 2.45) is 5.92 Å². The first-order valence-corrected chi connectivity index (χ1v) is 6.30. The van der Waals surface area contributed by atoms with Crippen LogP contribution in [0.1, 0.15) is 37.2 Å². The Morgan fingerprint density at radius 2 is 2.17 bits per heavy atom. The Hall–Kier alpha value is -1.65. The third kappa shape index (κ3) is 2.44. The lowest BCUT2D eigenvalue weighted by atomic mass is 9.92. The van der Waals surface area contributed by atoms with Crippen LogP contribution in [-0.2, 0) is 4.74 Å². The van der Waals surface area contributed by atoms with Crippen LogP contribution in [0.5, 0.6) is 0 Å². The van der Waals surface area contributed by atoms with E-state index in [9.17, 15) is 4.79 Å². The number of anilines is 1. The zero-order valence-corrected chi connectivity index (χ0v) is 11.1. The van der Waals surface area contributed by atoms with Gasteiger partial charge in [0.15, 0.2) is 5.69 Å². The van der Waals surface area contributed by atoms with Crippen molar-refractivity contribution in [3.63, 3.8) is 0 Å². The highest BCUT2D eigenvalue weighted by molar-refractivity contribution is 5.86. The van der Waals surface area contributed by atoms with Gasteiger partial charge in [-0.3, -0.25) is 0 Å². The molecule has 1 saturated heterocycles. The molecule has 0 spiro atoms. The van der Waals surface area contributed by atoms with Crippen molar-refractivity contribution in [3.05, 3.63) is 18.1 Å². The van der Waals surface area contributed by atoms with E-state index in [-0.39, 0.29) is 5.69 Å². The van der Waals surface area contributed by atoms with E-state index in [1.54, 1.807) is 6.20 Å². The summed E-state index contributed by atoms with van der Waals surface area (Å²) in [4.78, 5) is 22.0. The quantitative estimate of drug-likeness (QED) is 0.749. The molecule has 2 unspecified atom stereocenters. The molecule has 1 aromatic rings. The fraction of sp³-hybridized carbons (Fsp3) is 0.615. The normalized spacial score (nSPS) is 23.8. The number of piperidine rings is 1. The van der Waals surface area contributed by atoms with Crippen molar-refractivity contribution in [1.29, 1.82) is 0 Å². The monoisotopic (exact) mass is 249 g/mol. The van der Waals surface area contributed by atoms with E-state index in [0.29, 0.717) is 12.0 Å². The summed E-state index contributed by atoms with van der Waals surface area (Å²) < 4.78 is 4.60. The topological polar surface area (TPSA) is 55.3 Å². The first-order valence-electron chi connectivity index (χ1n) is 6.30. The second-order valence-corrected chi connectivity index (χ2v) is 4.80. The van der Waals surface area contributed by atoms with Crippen molar-refractivity contribution in [1.82, 2.24) is 9.97 Å². The van der Waals surface area contributed by atoms with Crippen LogP contribution in [0.25, 0.3) is 0 Å². The molecule has 5 nitrogen and oxygen atoms in total. The number of hydrogen-bond donors (Lipinski definition) is 0. The van der Waals surface area contributed by atoms with Crippen LogP contribution in [0.3, 0.4) is 0 Å². The molecule has 0 bridgehead atoms. The molecule has 0 saturated carbocycles. The molecule has 1 fully saturated rings. The minimum Gasteiger partial charge on any atom is -0.464 e. The van der Waals surface area contributed by atoms with Crippen LogP contribution >= 0.6 is 0 Å². The SMILES string of the molecule is COC(=O)c1cnc(N2CCCC(C)C2C)cn1. The largest absolute Gasteiger partial charge is 0.464 e. The Bertz CT molecular complexity index is 419. The Kier molecular flexibility index (Phi) is 3.79. The summed E-state index contributed by atoms with van der Waals surface area (Å²) in [5.74, 6) is 1.04. The summed E-state index contributed by atoms with van der Waals surface area (Å²) in [5.41, 5.74) is 0.249. The molecule has 0 radical (unpaired) electrons. The Labute approximate surface area is 107 Å². The van der Waals surface area contributed by atoms with Crippen molar-refractivity contribution in [3.8, 4) is 0 Å². The molecule has 2 rings (SSSR count). The number of methoxy groups -OCH3 is 1. The molecular weight excluding hydrogens is 230 g/mol. The maximum Gasteiger partial charge on any atom is 0.358 e. The van der Waals surface area contributed by atoms with Gasteiger partial charge in [0.25, 0.3) is 0 Å². The summed E-state index contributed by atoms with van der Waals surface area (Å²) >= 11 is 0. The van der Waals surface area contributed by atoms with E-state index >= 15 is 0 Å². The standard InChI is InChI=1S/C13H19N3O2/c1-9-5-4-6-16(10(9)2)12-8-14-11(7-15-12)13(17)18-3/h7-10H,4-6H2,1-3H3. The van der Waals surface area contributed by atoms with E-state index in [1.807, 2.05) is 0 Å². The maximum absolute atomic E-state index is 11.3. The molecule has 2 atom stereocenters. The molecule has 2 heterocycles. The van der Waals surface area contributed by atoms with Gasteiger partial charge in [0.05, 0.1) is 19.5 Å². The molecule has 0 N–H and O–H groups in total. The zero-order chi connectivity index (χ0) is 13.1. The number of aromatic nitrogens is 2. The van der Waals surface area contributed by atoms with Crippen molar-refractivity contribution >= 4 is 11.8 Å². The van der Waals surface area contributed by atoms with Crippen molar-refractivity contribution in [2.45, 2.75) is 32.7 Å². The number of nitrogens with zero attached hydrogens (tertiary/aromatic N) is 3. The average Bonchev–Trinajstić information content (AvgIpc) is 2.41. The number of hydrogen-bond acceptors (Lipinski definition) is 5. The Morgan fingerprint density at radius 3 is 2.78 bits per heavy atom. The molecule has 1 aliphatic heterocycles. The molecule has 0 amide bonds. The highest BCUT2D eigenvalue weighted by Crippen LogP contribution is 2.26. The van der Waals surface area contributed by atoms with Gasteiger partial charge in [-0.25, -0.2) is 14.8 Å². The summed E-state index contributed by atoms with van der Waals surface area (Å²) in [7, 11) is 1.34. The minimum atomic E-state index is -0.450. The second-order valence-electron chi connectivity index (χ2n) is 4.80. The molecule has 1 aromatic heterocycles. The average molecular weight is 249 g/mol. The fourth-order valence-electron chi connectivity index (χ4n) is 2.34. The van der Waals surface area contributed by atoms with Crippen LogP contribution in [0.4, 0.5) is 5.82 Å². The highest BCUT2D eigenvalue weighted by atomic mass is 16.5. The van der Waals surface area contributed by atoms with Gasteiger partial charge >= 0.3 is 5.97 Å². The lowest BCUT2D eigenvalue weighted by molar-refractivity contribution is 0.0593. The number of esters is 1. The Morgan fingerprint density at radius 1 is 1.39 bits per heavy atom. The van der Waals surface area contributed by atoms with E-state index in [0.717, 1.165) is 12.4 Å². The lowest BCUT2D eigenvalue weighted by Gasteiger charge is -2.38. The first kappa shape index (κ1) is 12.8. The third-order valence-electron chi connectivity index (χ3n) is 3.70. The van der Waals surface area contributed by atoms with Gasteiger partial charge in [0.1, 0.15) is 5.82 Å². The van der Waals surface area contributed by atoms with Crippen LogP contribution in [0, 0.1) is 5.92 Å². The van der Waals surface area contributed by atoms with Crippen molar-refractivity contribution in [2.75, 3.05) is 18.6 Å². The Balaban J connectivity index is 2.16. The van der Waals surface area contributed by atoms with Gasteiger partial charge < -0.3 is 9.64 Å². The maximum atomic E-state index is 11.3. The molecular formula is C13H19N3O2. The summed E-state index contributed by atoms with van der Waals surface area (Å²) in [6.45, 7) is 5.46. The molecule has 0 aliphatic carbocycles. The molecule has 0 aromatic carbocycles. The first-order chi connectivity index (χ1) is 8.63. The number of rotatable bonds is 2. The van der Waals surface area contributed by atoms with Gasteiger partial charge in [-0.2, -0.15) is 0 Å². The highest BCUT2D eigenvalue weighted by Gasteiger charge is 2.25. The number of carbonyl (C=O) groups excluding carboxylic acids is 1. The van der Waals surface area contributed by atoms with E-state index in [2.05, 4.69) is 33.5 Å². The van der Waals surface area contributed by atoms with Crippen LogP contribution in [0.15, 0.2) is 12.4 Å². The smallest absolute Gasteiger partial charge is 0.358 e. The predicted molar refractivity (Wildman–Crippen MR) is 68.6 cm³/mol. The van der Waals surface area contributed by atoms with E-state index in [1.165, 1.54) is 26.1 Å². The molecule has 18 heavy (non-hydrogen) atoms. The molecule has 98 valence electrons.